The standard InChI is InChI=1S/C84H140N6O60/c1-19-43(106)55(118)59(122)79(130-19)128-17-35-68(51(114)37(73(127)131-35)85-20(2)100)143-77-41(89-24(6)104)53(116)66(33(15-98)138-77)146-82-63(126)70(148-84-72(150-75-39(87-22(4)102)50(113)45(108)27(9-92)133-75)62(125)67(34(16-99)140-84)142-76-40(88-23(5)103)52(115)64(31(13-96)137-76)144-80-60(123)56(119)46(109)28(10-93)134-80)69(147-74-38(86-21(3)101)49(112)44(107)26(8-91)132-74)36(141-82)18-129-83-71(58(121)48(111)30(12-95)136-83)149-78-42(90-25(7)105)54(117)65(32(14-97)139-78)145-81-61(124)57(120)47(110)29(11-94)135-81/h19,26-84,91-99,106-127H,8-18H2,1-7H3,(H,85,100)(H,86,101)(H,87,102)(H,88,103)(H,89,104)(H,90,105)/t19-,26+,27+,28+,29+,30+,31+,32+,33+,34+,35+,36+,37+,38+,39+,40+,41+,42+,43+,44+,45+,46-,47-,48+,49+,50+,51+,52+,53+,54+,55+,56-,57-,58-,59-,60+,61+,62-,63-,64+,65+,66+,67+,68+,69+,70+,71-,72-,73+,74-,75-,76-,77-,78-,79+,80-,81-,82-,83-,84+/m0/s1. The highest BCUT2D eigenvalue weighted by Crippen LogP contribution is 2.44. The van der Waals surface area contributed by atoms with Gasteiger partial charge in [-0.25, -0.2) is 0 Å². The zero-order valence-electron chi connectivity index (χ0n) is 81.1. The van der Waals surface area contributed by atoms with E-state index < -0.39 is 476 Å². The van der Waals surface area contributed by atoms with Crippen molar-refractivity contribution in [3.05, 3.63) is 0 Å². The molecule has 66 heteroatoms. The van der Waals surface area contributed by atoms with Gasteiger partial charge in [-0.2, -0.15) is 0 Å². The molecule has 12 fully saturated rings. The molecule has 0 aromatic heterocycles. The highest BCUT2D eigenvalue weighted by Gasteiger charge is 2.65. The van der Waals surface area contributed by atoms with Crippen molar-refractivity contribution in [3.63, 3.8) is 0 Å². The lowest BCUT2D eigenvalue weighted by atomic mass is 9.93. The van der Waals surface area contributed by atoms with Crippen LogP contribution in [-0.2, 0) is 138 Å². The van der Waals surface area contributed by atoms with Crippen molar-refractivity contribution in [1.29, 1.82) is 0 Å². The number of aliphatic hydroxyl groups is 31. The summed E-state index contributed by atoms with van der Waals surface area (Å²) in [4.78, 5) is 79.6. The Morgan fingerprint density at radius 1 is 0.187 bits per heavy atom. The molecule has 866 valence electrons. The smallest absolute Gasteiger partial charge is 0.217 e. The summed E-state index contributed by atoms with van der Waals surface area (Å²) in [5.41, 5.74) is 0. The van der Waals surface area contributed by atoms with Crippen molar-refractivity contribution < 1.29 is 296 Å². The van der Waals surface area contributed by atoms with Crippen molar-refractivity contribution >= 4 is 35.4 Å². The van der Waals surface area contributed by atoms with Crippen molar-refractivity contribution in [2.45, 2.75) is 417 Å². The third-order valence-electron chi connectivity index (χ3n) is 27.4. The first kappa shape index (κ1) is 123. The molecule has 6 amide bonds. The van der Waals surface area contributed by atoms with Crippen LogP contribution in [0.1, 0.15) is 48.5 Å². The minimum Gasteiger partial charge on any atom is -0.394 e. The molecule has 12 saturated heterocycles. The van der Waals surface area contributed by atoms with E-state index in [4.69, 9.17) is 109 Å². The van der Waals surface area contributed by atoms with Gasteiger partial charge in [0.25, 0.3) is 0 Å². The van der Waals surface area contributed by atoms with Gasteiger partial charge in [0.2, 0.25) is 35.4 Å². The molecule has 0 bridgehead atoms. The summed E-state index contributed by atoms with van der Waals surface area (Å²) in [5, 5.41) is 368. The van der Waals surface area contributed by atoms with E-state index in [1.807, 2.05) is 0 Å². The Labute approximate surface area is 849 Å². The van der Waals surface area contributed by atoms with Gasteiger partial charge < -0.3 is 299 Å². The second-order valence-electron chi connectivity index (χ2n) is 38.1. The molecule has 0 aliphatic carbocycles. The lowest BCUT2D eigenvalue weighted by molar-refractivity contribution is -0.413. The Kier molecular flexibility index (Phi) is 44.4. The van der Waals surface area contributed by atoms with Crippen molar-refractivity contribution in [2.24, 2.45) is 0 Å². The van der Waals surface area contributed by atoms with E-state index in [-0.39, 0.29) is 0 Å². The largest absolute Gasteiger partial charge is 0.394 e. The third-order valence-corrected chi connectivity index (χ3v) is 27.4. The molecule has 150 heavy (non-hydrogen) atoms. The normalized spacial score (nSPS) is 48.8. The summed E-state index contributed by atoms with van der Waals surface area (Å²) >= 11 is 0. The molecular weight excluding hydrogens is 2050 g/mol. The van der Waals surface area contributed by atoms with Gasteiger partial charge in [0.05, 0.1) is 78.8 Å². The molecule has 12 rings (SSSR count). The molecule has 0 radical (unpaired) electrons. The highest BCUT2D eigenvalue weighted by atomic mass is 16.8. The maximum absolute atomic E-state index is 13.8. The van der Waals surface area contributed by atoms with Crippen molar-refractivity contribution in [3.8, 4) is 0 Å². The fourth-order valence-electron chi connectivity index (χ4n) is 19.6. The Balaban J connectivity index is 0.991. The molecule has 60 atom stereocenters. The predicted molar refractivity (Wildman–Crippen MR) is 463 cm³/mol. The average molecular weight is 2190 g/mol. The third kappa shape index (κ3) is 27.5. The summed E-state index contributed by atoms with van der Waals surface area (Å²) in [6, 6.07) is -12.4. The van der Waals surface area contributed by atoms with Gasteiger partial charge in [-0.3, -0.25) is 28.8 Å². The minimum absolute atomic E-state index is 0.864. The number of nitrogens with one attached hydrogen (secondary N) is 6. The Bertz CT molecular complexity index is 4250. The summed E-state index contributed by atoms with van der Waals surface area (Å²) in [7, 11) is 0. The van der Waals surface area contributed by atoms with Crippen molar-refractivity contribution in [2.75, 3.05) is 72.7 Å². The molecule has 0 aromatic rings. The maximum atomic E-state index is 13.8. The Hall–Kier alpha value is -5.34. The molecule has 12 aliphatic heterocycles. The van der Waals surface area contributed by atoms with Crippen LogP contribution in [0.2, 0.25) is 0 Å². The lowest BCUT2D eigenvalue weighted by Crippen LogP contribution is -2.72. The first-order chi connectivity index (χ1) is 70.9. The molecule has 0 spiro atoms. The van der Waals surface area contributed by atoms with E-state index in [2.05, 4.69) is 31.9 Å². The van der Waals surface area contributed by atoms with E-state index >= 15 is 0 Å². The van der Waals surface area contributed by atoms with E-state index in [0.29, 0.717) is 0 Å². The van der Waals surface area contributed by atoms with Gasteiger partial charge in [-0.1, -0.05) is 0 Å². The van der Waals surface area contributed by atoms with Crippen LogP contribution in [-0.4, -0.2) is 635 Å². The molecule has 12 heterocycles. The van der Waals surface area contributed by atoms with E-state index in [9.17, 15) is 187 Å². The second kappa shape index (κ2) is 54.0. The number of carbonyl (C=O) groups is 6. The number of amides is 6. The highest BCUT2D eigenvalue weighted by molar-refractivity contribution is 5.75. The summed E-state index contributed by atoms with van der Waals surface area (Å²) in [6.45, 7) is -6.92. The van der Waals surface area contributed by atoms with E-state index in [1.54, 1.807) is 0 Å². The fraction of sp³-hybridized carbons (Fsp3) is 0.929. The van der Waals surface area contributed by atoms with Gasteiger partial charge in [0, 0.05) is 41.5 Å². The molecule has 0 aromatic carbocycles. The van der Waals surface area contributed by atoms with Crippen molar-refractivity contribution in [1.82, 2.24) is 31.9 Å². The topological polar surface area (TPSA) is 1010 Å². The number of ether oxygens (including phenoxy) is 23. The van der Waals surface area contributed by atoms with E-state index in [0.717, 1.165) is 41.5 Å². The van der Waals surface area contributed by atoms with Crippen LogP contribution in [0.3, 0.4) is 0 Å². The molecule has 37 N–H and O–H groups in total. The Morgan fingerprint density at radius 3 is 0.773 bits per heavy atom. The summed E-state index contributed by atoms with van der Waals surface area (Å²) < 4.78 is 142. The van der Waals surface area contributed by atoms with Gasteiger partial charge in [0.15, 0.2) is 75.5 Å². The zero-order valence-corrected chi connectivity index (χ0v) is 81.1. The monoisotopic (exact) mass is 2190 g/mol. The first-order valence-electron chi connectivity index (χ1n) is 48.0. The van der Waals surface area contributed by atoms with Crippen LogP contribution in [0, 0.1) is 0 Å². The van der Waals surface area contributed by atoms with Gasteiger partial charge in [0.1, 0.15) is 287 Å². The van der Waals surface area contributed by atoms with Crippen LogP contribution in [0.4, 0.5) is 0 Å². The second-order valence-corrected chi connectivity index (χ2v) is 38.1. The maximum Gasteiger partial charge on any atom is 0.217 e. The number of aliphatic hydroxyl groups excluding tert-OH is 31. The van der Waals surface area contributed by atoms with Crippen LogP contribution >= 0.6 is 0 Å². The van der Waals surface area contributed by atoms with Crippen LogP contribution in [0.15, 0.2) is 0 Å². The number of hydrogen-bond acceptors (Lipinski definition) is 60. The quantitative estimate of drug-likeness (QED) is 0.0272. The molecule has 0 unspecified atom stereocenters. The van der Waals surface area contributed by atoms with E-state index in [1.165, 1.54) is 6.92 Å². The van der Waals surface area contributed by atoms with Gasteiger partial charge in [-0.15, -0.1) is 0 Å². The first-order valence-corrected chi connectivity index (χ1v) is 48.0. The molecule has 66 nitrogen and oxygen atoms in total. The molecular formula is C84H140N6O60. The lowest BCUT2D eigenvalue weighted by Gasteiger charge is -2.53. The minimum atomic E-state index is -2.93. The average Bonchev–Trinajstić information content (AvgIpc) is 0.751. The van der Waals surface area contributed by atoms with Gasteiger partial charge in [-0.05, 0) is 6.92 Å². The zero-order chi connectivity index (χ0) is 110. The number of rotatable bonds is 39. The SMILES string of the molecule is CC(=O)N[C@@H]1[C@@H](O)[C@H](O[C@@H]2O[C@H](CO)[C@@H](O[C@@H]3O[C@H](CO[C@H]4O[C@H](CO)[C@@H](O)[C@H](O)[C@@H]4O[C@@H]4O[C@H](CO)[C@@H](O[C@@H]5O[C@H](CO)[C@H](O)[C@H](O)[C@H]5O)[C@H](O)[C@H]4NC(C)=O)[C@@H](O[C@@H]4O[C@H](CO)[C@@H](O)[C@H](O)[C@H]4NC(C)=O)[C@H](O[C@H]4O[C@H](CO)[C@@H](O[C@@H]5O[C@H](CO)[C@@H](O[C@@H]6O[C@H](CO)[C@H](O)[C@H](O)[C@H]6O)[C@H](O)[C@H]5NC(C)=O)[C@H](O)[C@@H]4O[C@@H]4O[C@H](CO)[C@@H](O)[C@H](O)[C@H]4NC(C)=O)[C@@H]3O)[C@H](O)[C@H]2NC(C)=O)[C@@H](CO[C@@H]2O[C@@H](C)[C@@H](O)[C@@H](O)[C@@H]2O)O[C@H]1O. The van der Waals surface area contributed by atoms with Crippen LogP contribution in [0.5, 0.6) is 0 Å². The van der Waals surface area contributed by atoms with Gasteiger partial charge >= 0.3 is 0 Å². The molecule has 12 aliphatic rings. The Morgan fingerprint density at radius 2 is 0.413 bits per heavy atom. The molecule has 0 saturated carbocycles. The van der Waals surface area contributed by atoms with Crippen LogP contribution < -0.4 is 31.9 Å². The number of hydrogen-bond donors (Lipinski definition) is 37. The predicted octanol–water partition coefficient (Wildman–Crippen LogP) is -25.3. The fourth-order valence-corrected chi connectivity index (χ4v) is 19.6. The summed E-state index contributed by atoms with van der Waals surface area (Å²) in [5.74, 6) is -6.17. The summed E-state index contributed by atoms with van der Waals surface area (Å²) in [6.07, 6.45) is -120. The van der Waals surface area contributed by atoms with Crippen LogP contribution in [0.25, 0.3) is 0 Å². The number of carbonyl (C=O) groups excluding carboxylic acids is 6.